The third kappa shape index (κ3) is 3.30. The fraction of sp³-hybridized carbons (Fsp3) is 0.409. The number of aryl methyl sites for hydroxylation is 2. The predicted octanol–water partition coefficient (Wildman–Crippen LogP) is 3.07. The van der Waals surface area contributed by atoms with Crippen molar-refractivity contribution in [3.05, 3.63) is 47.3 Å². The second kappa shape index (κ2) is 7.39. The van der Waals surface area contributed by atoms with Crippen LogP contribution >= 0.6 is 0 Å². The molecule has 1 aliphatic heterocycles. The van der Waals surface area contributed by atoms with Crippen molar-refractivity contribution in [1.82, 2.24) is 15.1 Å². The van der Waals surface area contributed by atoms with E-state index in [0.29, 0.717) is 30.2 Å². The van der Waals surface area contributed by atoms with Gasteiger partial charge < -0.3 is 19.0 Å². The van der Waals surface area contributed by atoms with Crippen LogP contribution in [0.1, 0.15) is 34.7 Å². The first kappa shape index (κ1) is 18.0. The van der Waals surface area contributed by atoms with Gasteiger partial charge in [-0.1, -0.05) is 12.1 Å². The maximum atomic E-state index is 12.9. The largest absolute Gasteiger partial charge is 0.493 e. The Bertz CT molecular complexity index is 1050. The molecule has 7 heteroatoms. The minimum Gasteiger partial charge on any atom is -0.493 e. The number of hydrogen-bond donors (Lipinski definition) is 0. The summed E-state index contributed by atoms with van der Waals surface area (Å²) in [5.74, 6) is 1.83. The lowest BCUT2D eigenvalue weighted by Gasteiger charge is -2.35. The van der Waals surface area contributed by atoms with Crippen molar-refractivity contribution < 1.29 is 13.9 Å². The number of carbonyl (C=O) groups is 1. The molecule has 0 N–H and O–H groups in total. The van der Waals surface area contributed by atoms with Gasteiger partial charge in [0.25, 0.3) is 5.91 Å². The van der Waals surface area contributed by atoms with Crippen molar-refractivity contribution >= 4 is 22.7 Å². The fourth-order valence-corrected chi connectivity index (χ4v) is 4.23. The van der Waals surface area contributed by atoms with Crippen molar-refractivity contribution in [1.29, 1.82) is 0 Å². The minimum atomic E-state index is -0.0839. The van der Waals surface area contributed by atoms with E-state index in [1.54, 1.807) is 13.2 Å². The lowest BCUT2D eigenvalue weighted by atomic mass is 9.97. The molecule has 0 radical (unpaired) electrons. The molecule has 7 nitrogen and oxygen atoms in total. The number of piperazine rings is 1. The first-order chi connectivity index (χ1) is 14.2. The zero-order chi connectivity index (χ0) is 19.8. The molecule has 0 spiro atoms. The van der Waals surface area contributed by atoms with E-state index in [4.69, 9.17) is 9.15 Å². The molecule has 0 unspecified atom stereocenters. The van der Waals surface area contributed by atoms with Gasteiger partial charge in [-0.3, -0.25) is 4.79 Å². The fourth-order valence-electron chi connectivity index (χ4n) is 4.23. The van der Waals surface area contributed by atoms with Crippen LogP contribution < -0.4 is 9.64 Å². The number of furan rings is 1. The summed E-state index contributed by atoms with van der Waals surface area (Å²) in [6.45, 7) is 2.74. The summed E-state index contributed by atoms with van der Waals surface area (Å²) in [7, 11) is 1.60. The van der Waals surface area contributed by atoms with E-state index in [9.17, 15) is 4.79 Å². The van der Waals surface area contributed by atoms with E-state index >= 15 is 0 Å². The smallest absolute Gasteiger partial charge is 0.289 e. The van der Waals surface area contributed by atoms with Crippen LogP contribution in [0.25, 0.3) is 11.0 Å². The molecule has 3 heterocycles. The summed E-state index contributed by atoms with van der Waals surface area (Å²) in [5.41, 5.74) is 3.09. The van der Waals surface area contributed by atoms with Crippen molar-refractivity contribution in [3.8, 4) is 5.75 Å². The average molecular weight is 392 g/mol. The van der Waals surface area contributed by atoms with E-state index < -0.39 is 0 Å². The lowest BCUT2D eigenvalue weighted by molar-refractivity contribution is 0.0716. The number of nitrogens with zero attached hydrogens (tertiary/aromatic N) is 4. The molecular formula is C22H24N4O3. The van der Waals surface area contributed by atoms with Gasteiger partial charge in [0.05, 0.1) is 12.8 Å². The SMILES string of the molecule is COc1cccc2cc(C(=O)N3CCN(c4cc5c(nn4)CCCC5)CC3)oc12. The van der Waals surface area contributed by atoms with Gasteiger partial charge in [-0.2, -0.15) is 5.10 Å². The Hall–Kier alpha value is -3.09. The normalized spacial score (nSPS) is 16.7. The van der Waals surface area contributed by atoms with Crippen molar-refractivity contribution in [2.45, 2.75) is 25.7 Å². The maximum Gasteiger partial charge on any atom is 0.289 e. The van der Waals surface area contributed by atoms with Crippen molar-refractivity contribution in [2.75, 3.05) is 38.2 Å². The topological polar surface area (TPSA) is 71.7 Å². The molecule has 0 saturated carbocycles. The number of ether oxygens (including phenoxy) is 1. The summed E-state index contributed by atoms with van der Waals surface area (Å²) >= 11 is 0. The van der Waals surface area contributed by atoms with E-state index in [2.05, 4.69) is 21.2 Å². The van der Waals surface area contributed by atoms with Gasteiger partial charge in [-0.15, -0.1) is 5.10 Å². The second-order valence-electron chi connectivity index (χ2n) is 7.65. The Morgan fingerprint density at radius 3 is 2.72 bits per heavy atom. The van der Waals surface area contributed by atoms with Crippen LogP contribution in [0.4, 0.5) is 5.82 Å². The molecule has 5 rings (SSSR count). The molecule has 1 aromatic carbocycles. The van der Waals surface area contributed by atoms with Gasteiger partial charge in [0.15, 0.2) is 22.9 Å². The zero-order valence-corrected chi connectivity index (χ0v) is 16.6. The number of hydrogen-bond acceptors (Lipinski definition) is 6. The number of carbonyl (C=O) groups excluding carboxylic acids is 1. The average Bonchev–Trinajstić information content (AvgIpc) is 3.23. The standard InChI is InChI=1S/C22H24N4O3/c1-28-18-8-4-6-16-13-19(29-21(16)18)22(27)26-11-9-25(10-12-26)20-14-15-5-2-3-7-17(15)23-24-20/h4,6,8,13-14H,2-3,5,7,9-12H2,1H3. The number of amides is 1. The highest BCUT2D eigenvalue weighted by atomic mass is 16.5. The summed E-state index contributed by atoms with van der Waals surface area (Å²) in [5, 5.41) is 9.74. The number of aromatic nitrogens is 2. The molecule has 1 fully saturated rings. The Balaban J connectivity index is 1.29. The second-order valence-corrected chi connectivity index (χ2v) is 7.65. The zero-order valence-electron chi connectivity index (χ0n) is 16.6. The van der Waals surface area contributed by atoms with Gasteiger partial charge in [-0.05, 0) is 49.4 Å². The van der Waals surface area contributed by atoms with Crippen LogP contribution in [0.3, 0.4) is 0 Å². The van der Waals surface area contributed by atoms with Gasteiger partial charge in [-0.25, -0.2) is 0 Å². The Labute approximate surface area is 169 Å². The molecule has 3 aromatic rings. The lowest BCUT2D eigenvalue weighted by Crippen LogP contribution is -2.49. The summed E-state index contributed by atoms with van der Waals surface area (Å²) < 4.78 is 11.2. The molecule has 2 aliphatic rings. The van der Waals surface area contributed by atoms with E-state index in [1.807, 2.05) is 23.1 Å². The van der Waals surface area contributed by atoms with Crippen LogP contribution in [0.2, 0.25) is 0 Å². The Morgan fingerprint density at radius 1 is 1.07 bits per heavy atom. The van der Waals surface area contributed by atoms with Crippen LogP contribution in [0.15, 0.2) is 34.7 Å². The van der Waals surface area contributed by atoms with Gasteiger partial charge >= 0.3 is 0 Å². The minimum absolute atomic E-state index is 0.0839. The van der Waals surface area contributed by atoms with Crippen LogP contribution in [0, 0.1) is 0 Å². The number of anilines is 1. The maximum absolute atomic E-state index is 12.9. The van der Waals surface area contributed by atoms with E-state index in [-0.39, 0.29) is 5.91 Å². The molecule has 1 saturated heterocycles. The molecule has 150 valence electrons. The molecule has 1 aliphatic carbocycles. The van der Waals surface area contributed by atoms with Crippen molar-refractivity contribution in [2.24, 2.45) is 0 Å². The Kier molecular flexibility index (Phi) is 4.58. The van der Waals surface area contributed by atoms with Crippen LogP contribution in [-0.4, -0.2) is 54.3 Å². The number of rotatable bonds is 3. The van der Waals surface area contributed by atoms with Crippen molar-refractivity contribution in [3.63, 3.8) is 0 Å². The summed E-state index contributed by atoms with van der Waals surface area (Å²) in [6, 6.07) is 9.62. The number of para-hydroxylation sites is 1. The highest BCUT2D eigenvalue weighted by Crippen LogP contribution is 2.29. The molecule has 2 aromatic heterocycles. The highest BCUT2D eigenvalue weighted by molar-refractivity contribution is 5.97. The number of fused-ring (bicyclic) bond motifs is 2. The quantitative estimate of drug-likeness (QED) is 0.682. The third-order valence-electron chi connectivity index (χ3n) is 5.89. The van der Waals surface area contributed by atoms with Crippen LogP contribution in [-0.2, 0) is 12.8 Å². The predicted molar refractivity (Wildman–Crippen MR) is 110 cm³/mol. The molecule has 1 amide bonds. The van der Waals surface area contributed by atoms with Gasteiger partial charge in [0.2, 0.25) is 0 Å². The first-order valence-corrected chi connectivity index (χ1v) is 10.2. The Morgan fingerprint density at radius 2 is 1.90 bits per heavy atom. The van der Waals surface area contributed by atoms with E-state index in [0.717, 1.165) is 42.8 Å². The molecule has 0 atom stereocenters. The number of benzene rings is 1. The van der Waals surface area contributed by atoms with E-state index in [1.165, 1.54) is 18.4 Å². The van der Waals surface area contributed by atoms with Gasteiger partial charge in [0, 0.05) is 31.6 Å². The van der Waals surface area contributed by atoms with Gasteiger partial charge in [0.1, 0.15) is 0 Å². The molecular weight excluding hydrogens is 368 g/mol. The monoisotopic (exact) mass is 392 g/mol. The first-order valence-electron chi connectivity index (χ1n) is 10.2. The molecule has 29 heavy (non-hydrogen) atoms. The third-order valence-corrected chi connectivity index (χ3v) is 5.89. The number of methoxy groups -OCH3 is 1. The van der Waals surface area contributed by atoms with Crippen LogP contribution in [0.5, 0.6) is 5.75 Å². The summed E-state index contributed by atoms with van der Waals surface area (Å²) in [4.78, 5) is 17.0. The molecule has 0 bridgehead atoms. The summed E-state index contributed by atoms with van der Waals surface area (Å²) in [6.07, 6.45) is 4.55. The highest BCUT2D eigenvalue weighted by Gasteiger charge is 2.26.